The van der Waals surface area contributed by atoms with Gasteiger partial charge in [0.15, 0.2) is 5.84 Å². The van der Waals surface area contributed by atoms with Crippen LogP contribution in [0, 0.1) is 0 Å². The minimum Gasteiger partial charge on any atom is -0.409 e. The first-order chi connectivity index (χ1) is 9.51. The van der Waals surface area contributed by atoms with Gasteiger partial charge in [-0.05, 0) is 18.2 Å². The molecule has 1 unspecified atom stereocenters. The molecular formula is C12H13Br2N3O3. The van der Waals surface area contributed by atoms with Crippen molar-refractivity contribution in [3.8, 4) is 0 Å². The lowest BCUT2D eigenvalue weighted by Crippen LogP contribution is -2.50. The minimum absolute atomic E-state index is 0.0297. The lowest BCUT2D eigenvalue weighted by molar-refractivity contribution is 0.00675. The maximum absolute atomic E-state index is 12.4. The zero-order chi connectivity index (χ0) is 14.7. The highest BCUT2D eigenvalue weighted by Crippen LogP contribution is 2.21. The topological polar surface area (TPSA) is 88.2 Å². The molecule has 1 amide bonds. The standard InChI is InChI=1S/C12H13Br2N3O3/c13-8-3-7(4-9(14)5-8)12(18)17-1-2-20-10(6-17)11(15)16-19/h3-5,10,19H,1-2,6H2,(H2,15,16). The number of rotatable bonds is 2. The number of hydrogen-bond donors (Lipinski definition) is 2. The molecule has 8 heteroatoms. The molecule has 1 heterocycles. The van der Waals surface area contributed by atoms with Crippen LogP contribution in [0.25, 0.3) is 0 Å². The largest absolute Gasteiger partial charge is 0.409 e. The van der Waals surface area contributed by atoms with E-state index in [1.165, 1.54) is 0 Å². The number of amides is 1. The monoisotopic (exact) mass is 405 g/mol. The van der Waals surface area contributed by atoms with Crippen molar-refractivity contribution in [1.29, 1.82) is 0 Å². The number of nitrogens with zero attached hydrogens (tertiary/aromatic N) is 2. The molecule has 0 bridgehead atoms. The molecule has 1 atom stereocenters. The van der Waals surface area contributed by atoms with E-state index in [0.717, 1.165) is 8.95 Å². The maximum Gasteiger partial charge on any atom is 0.254 e. The van der Waals surface area contributed by atoms with Crippen LogP contribution in [0.1, 0.15) is 10.4 Å². The summed E-state index contributed by atoms with van der Waals surface area (Å²) >= 11 is 6.71. The zero-order valence-electron chi connectivity index (χ0n) is 10.4. The lowest BCUT2D eigenvalue weighted by Gasteiger charge is -2.32. The van der Waals surface area contributed by atoms with Gasteiger partial charge in [0.2, 0.25) is 0 Å². The first-order valence-corrected chi connectivity index (χ1v) is 7.44. The summed E-state index contributed by atoms with van der Waals surface area (Å²) in [7, 11) is 0. The summed E-state index contributed by atoms with van der Waals surface area (Å²) in [6, 6.07) is 5.36. The SMILES string of the molecule is N/C(=N/O)C1CN(C(=O)c2cc(Br)cc(Br)c2)CCO1. The molecular weight excluding hydrogens is 394 g/mol. The first kappa shape index (κ1) is 15.3. The highest BCUT2D eigenvalue weighted by atomic mass is 79.9. The molecule has 6 nitrogen and oxygen atoms in total. The highest BCUT2D eigenvalue weighted by Gasteiger charge is 2.27. The molecule has 0 spiro atoms. The van der Waals surface area contributed by atoms with E-state index < -0.39 is 6.10 Å². The Morgan fingerprint density at radius 1 is 1.40 bits per heavy atom. The van der Waals surface area contributed by atoms with Crippen LogP contribution < -0.4 is 5.73 Å². The summed E-state index contributed by atoms with van der Waals surface area (Å²) in [6.07, 6.45) is -0.576. The Morgan fingerprint density at radius 2 is 2.05 bits per heavy atom. The fourth-order valence-corrected chi connectivity index (χ4v) is 3.23. The first-order valence-electron chi connectivity index (χ1n) is 5.85. The van der Waals surface area contributed by atoms with Gasteiger partial charge in [-0.2, -0.15) is 0 Å². The van der Waals surface area contributed by atoms with Gasteiger partial charge in [-0.3, -0.25) is 4.79 Å². The van der Waals surface area contributed by atoms with Crippen LogP contribution in [0.5, 0.6) is 0 Å². The summed E-state index contributed by atoms with van der Waals surface area (Å²) in [4.78, 5) is 14.1. The molecule has 3 N–H and O–H groups in total. The van der Waals surface area contributed by atoms with Crippen molar-refractivity contribution in [1.82, 2.24) is 4.90 Å². The molecule has 1 fully saturated rings. The van der Waals surface area contributed by atoms with Crippen molar-refractivity contribution in [2.24, 2.45) is 10.9 Å². The third-order valence-electron chi connectivity index (χ3n) is 2.91. The fraction of sp³-hybridized carbons (Fsp3) is 0.333. The molecule has 2 rings (SSSR count). The number of nitrogens with two attached hydrogens (primary N) is 1. The van der Waals surface area contributed by atoms with Crippen LogP contribution in [0.2, 0.25) is 0 Å². The minimum atomic E-state index is -0.576. The lowest BCUT2D eigenvalue weighted by atomic mass is 10.1. The molecule has 108 valence electrons. The van der Waals surface area contributed by atoms with Crippen molar-refractivity contribution in [3.05, 3.63) is 32.7 Å². The van der Waals surface area contributed by atoms with E-state index in [2.05, 4.69) is 37.0 Å². The highest BCUT2D eigenvalue weighted by molar-refractivity contribution is 9.11. The Morgan fingerprint density at radius 3 is 2.65 bits per heavy atom. The number of oxime groups is 1. The Hall–Kier alpha value is -1.12. The Balaban J connectivity index is 2.16. The normalized spacial score (nSPS) is 20.0. The summed E-state index contributed by atoms with van der Waals surface area (Å²) in [6.45, 7) is 1.08. The molecule has 1 aromatic carbocycles. The van der Waals surface area contributed by atoms with E-state index in [-0.39, 0.29) is 18.3 Å². The van der Waals surface area contributed by atoms with Gasteiger partial charge in [-0.25, -0.2) is 0 Å². The van der Waals surface area contributed by atoms with Gasteiger partial charge in [0, 0.05) is 21.1 Å². The van der Waals surface area contributed by atoms with Gasteiger partial charge < -0.3 is 20.6 Å². The van der Waals surface area contributed by atoms with Crippen molar-refractivity contribution in [2.45, 2.75) is 6.10 Å². The smallest absolute Gasteiger partial charge is 0.254 e. The summed E-state index contributed by atoms with van der Waals surface area (Å²) in [5, 5.41) is 11.6. The molecule has 20 heavy (non-hydrogen) atoms. The van der Waals surface area contributed by atoms with Crippen LogP contribution in [0.15, 0.2) is 32.3 Å². The second kappa shape index (κ2) is 6.55. The quantitative estimate of drug-likeness (QED) is 0.339. The zero-order valence-corrected chi connectivity index (χ0v) is 13.6. The summed E-state index contributed by atoms with van der Waals surface area (Å²) in [5.41, 5.74) is 6.08. The van der Waals surface area contributed by atoms with Crippen LogP contribution in [0.4, 0.5) is 0 Å². The van der Waals surface area contributed by atoms with E-state index in [9.17, 15) is 4.79 Å². The molecule has 0 aromatic heterocycles. The summed E-state index contributed by atoms with van der Waals surface area (Å²) < 4.78 is 7.00. The van der Waals surface area contributed by atoms with Crippen molar-refractivity contribution in [3.63, 3.8) is 0 Å². The second-order valence-electron chi connectivity index (χ2n) is 4.29. The number of morpholine rings is 1. The van der Waals surface area contributed by atoms with Crippen molar-refractivity contribution < 1.29 is 14.7 Å². The van der Waals surface area contributed by atoms with E-state index in [1.54, 1.807) is 17.0 Å². The van der Waals surface area contributed by atoms with Gasteiger partial charge in [0.25, 0.3) is 5.91 Å². The number of ether oxygens (including phenoxy) is 1. The molecule has 0 radical (unpaired) electrons. The number of carbonyl (C=O) groups excluding carboxylic acids is 1. The third-order valence-corrected chi connectivity index (χ3v) is 3.82. The van der Waals surface area contributed by atoms with E-state index in [0.29, 0.717) is 18.7 Å². The number of hydrogen-bond acceptors (Lipinski definition) is 4. The Bertz CT molecular complexity index is 530. The number of benzene rings is 1. The Kier molecular flexibility index (Phi) is 5.00. The number of halogens is 2. The molecule has 1 aliphatic rings. The van der Waals surface area contributed by atoms with Crippen LogP contribution in [0.3, 0.4) is 0 Å². The van der Waals surface area contributed by atoms with Gasteiger partial charge in [-0.15, -0.1) is 0 Å². The van der Waals surface area contributed by atoms with E-state index in [4.69, 9.17) is 15.7 Å². The average Bonchev–Trinajstić information content (AvgIpc) is 2.44. The van der Waals surface area contributed by atoms with Gasteiger partial charge in [0.05, 0.1) is 13.2 Å². The van der Waals surface area contributed by atoms with Crippen LogP contribution in [-0.4, -0.2) is 47.7 Å². The number of amidine groups is 1. The predicted octanol–water partition coefficient (Wildman–Crippen LogP) is 1.80. The van der Waals surface area contributed by atoms with Crippen LogP contribution in [-0.2, 0) is 4.74 Å². The molecule has 1 aromatic rings. The average molecular weight is 407 g/mol. The molecule has 1 aliphatic heterocycles. The van der Waals surface area contributed by atoms with Crippen LogP contribution >= 0.6 is 31.9 Å². The fourth-order valence-electron chi connectivity index (χ4n) is 1.94. The maximum atomic E-state index is 12.4. The predicted molar refractivity (Wildman–Crippen MR) is 80.9 cm³/mol. The van der Waals surface area contributed by atoms with Crippen molar-refractivity contribution in [2.75, 3.05) is 19.7 Å². The Labute approximate surface area is 132 Å². The van der Waals surface area contributed by atoms with Gasteiger partial charge in [0.1, 0.15) is 6.10 Å². The number of carbonyl (C=O) groups is 1. The van der Waals surface area contributed by atoms with E-state index in [1.807, 2.05) is 6.07 Å². The second-order valence-corrected chi connectivity index (χ2v) is 6.12. The summed E-state index contributed by atoms with van der Waals surface area (Å²) in [5.74, 6) is -0.149. The molecule has 1 saturated heterocycles. The van der Waals surface area contributed by atoms with E-state index >= 15 is 0 Å². The van der Waals surface area contributed by atoms with Gasteiger partial charge >= 0.3 is 0 Å². The molecule has 0 aliphatic carbocycles. The van der Waals surface area contributed by atoms with Gasteiger partial charge in [-0.1, -0.05) is 37.0 Å². The van der Waals surface area contributed by atoms with Crippen molar-refractivity contribution >= 4 is 43.6 Å². The third kappa shape index (κ3) is 3.50. The molecule has 0 saturated carbocycles.